The van der Waals surface area contributed by atoms with E-state index in [-0.39, 0.29) is 114 Å². The van der Waals surface area contributed by atoms with Crippen molar-refractivity contribution in [3.05, 3.63) is 133 Å². The van der Waals surface area contributed by atoms with E-state index < -0.39 is 47.1 Å². The van der Waals surface area contributed by atoms with Crippen LogP contribution in [0.4, 0.5) is 19.3 Å². The second-order valence-electron chi connectivity index (χ2n) is 18.0. The van der Waals surface area contributed by atoms with E-state index in [2.05, 4.69) is 41.5 Å². The molecule has 0 unspecified atom stereocenters. The summed E-state index contributed by atoms with van der Waals surface area (Å²) in [6, 6.07) is 17.3. The number of fused-ring (bicyclic) bond motifs is 2. The van der Waals surface area contributed by atoms with Crippen LogP contribution in [0.15, 0.2) is 77.9 Å². The van der Waals surface area contributed by atoms with E-state index in [1.165, 1.54) is 66.5 Å². The number of nitrogens with zero attached hydrogens (tertiary/aromatic N) is 10. The van der Waals surface area contributed by atoms with Crippen molar-refractivity contribution < 1.29 is 47.1 Å². The molecular weight excluding hydrogens is 1070 g/mol. The maximum atomic E-state index is 14.1. The van der Waals surface area contributed by atoms with Crippen LogP contribution in [-0.4, -0.2) is 135 Å². The molecule has 0 atom stereocenters. The van der Waals surface area contributed by atoms with E-state index in [1.54, 1.807) is 44.4 Å². The van der Waals surface area contributed by atoms with Crippen LogP contribution in [-0.2, 0) is 45.4 Å². The van der Waals surface area contributed by atoms with Crippen molar-refractivity contribution in [1.29, 1.82) is 0 Å². The minimum absolute atomic E-state index is 0. The highest BCUT2D eigenvalue weighted by Gasteiger charge is 2.36. The van der Waals surface area contributed by atoms with Gasteiger partial charge >= 0.3 is 6.03 Å². The van der Waals surface area contributed by atoms with Crippen LogP contribution in [0.5, 0.6) is 0 Å². The largest absolute Gasteiger partial charge is 0.364 e. The number of urea groups is 1. The first kappa shape index (κ1) is 61.1. The number of rotatable bonds is 18. The monoisotopic (exact) mass is 1130 g/mol. The number of amides is 9. The van der Waals surface area contributed by atoms with Gasteiger partial charge in [-0.3, -0.25) is 42.9 Å². The van der Waals surface area contributed by atoms with E-state index in [1.807, 2.05) is 14.1 Å². The van der Waals surface area contributed by atoms with Gasteiger partial charge in [0.1, 0.15) is 24.7 Å². The minimum Gasteiger partial charge on any atom is -0.364 e. The van der Waals surface area contributed by atoms with Gasteiger partial charge < -0.3 is 47.4 Å². The standard InChI is InChI=1S/C25H27ClFN7O4.C23H20ClFN8O4.C2H7N.CH4/c1-32(2)25(38)30-15-6-9-19-17(10-15)23(24(28)37)31-34(19)13-21(36)33(16-7-8-16)12-20(35)29-11-14-4-3-5-18(26)22(14)27;24-16-3-1-2-13(20(16)25)9-28-18(34)10-32(14-5-6-14)19(35)11-33-17-7-4-12(23(37)29-31-27)8-15(17)21(30-33)22(26)36;1-3-2;/h3-6,9-10,16H,7-8,11-13H2,1-2H3,(H2,28,37)(H,29,35)(H,30,38);1-4,7-8,14H,5-6,9-11H2,(H2,26,36)(H,28,34);3H,1-2H3;1H4. The molecule has 2 aliphatic rings. The molecule has 2 fully saturated rings. The lowest BCUT2D eigenvalue weighted by molar-refractivity contribution is -0.137. The smallest absolute Gasteiger partial charge is 0.321 e. The predicted octanol–water partition coefficient (Wildman–Crippen LogP) is 5.49. The van der Waals surface area contributed by atoms with Crippen LogP contribution in [0.3, 0.4) is 0 Å². The Morgan fingerprint density at radius 1 is 0.709 bits per heavy atom. The van der Waals surface area contributed by atoms with E-state index in [4.69, 9.17) is 40.2 Å². The van der Waals surface area contributed by atoms with Crippen LogP contribution >= 0.6 is 23.2 Å². The molecule has 2 aromatic heterocycles. The summed E-state index contributed by atoms with van der Waals surface area (Å²) >= 11 is 11.6. The maximum absolute atomic E-state index is 14.1. The fraction of sp³-hybridized carbons (Fsp3) is 0.333. The fourth-order valence-corrected chi connectivity index (χ4v) is 8.13. The Morgan fingerprint density at radius 3 is 1.54 bits per heavy atom. The number of aromatic nitrogens is 4. The Kier molecular flexibility index (Phi) is 21.3. The zero-order valence-electron chi connectivity index (χ0n) is 42.6. The molecule has 24 nitrogen and oxygen atoms in total. The summed E-state index contributed by atoms with van der Waals surface area (Å²) in [7, 11) is 6.93. The number of benzene rings is 4. The molecule has 2 saturated carbocycles. The molecule has 6 aromatic rings. The molecule has 0 radical (unpaired) electrons. The first-order valence-electron chi connectivity index (χ1n) is 23.9. The molecule has 9 amide bonds. The topological polar surface area (TPSA) is 331 Å². The summed E-state index contributed by atoms with van der Waals surface area (Å²) in [5.74, 6) is -5.49. The van der Waals surface area contributed by atoms with Crippen molar-refractivity contribution in [1.82, 2.24) is 50.2 Å². The molecule has 8 N–H and O–H groups in total. The third kappa shape index (κ3) is 15.9. The zero-order chi connectivity index (χ0) is 57.0. The highest BCUT2D eigenvalue weighted by atomic mass is 35.5. The molecule has 8 rings (SSSR count). The van der Waals surface area contributed by atoms with Crippen molar-refractivity contribution >= 4 is 98.1 Å². The number of azide groups is 1. The summed E-state index contributed by atoms with van der Waals surface area (Å²) in [5, 5.41) is 22.5. The highest BCUT2D eigenvalue weighted by Crippen LogP contribution is 2.30. The molecule has 4 aromatic carbocycles. The first-order chi connectivity index (χ1) is 37.1. The van der Waals surface area contributed by atoms with E-state index >= 15 is 0 Å². The third-order valence-electron chi connectivity index (χ3n) is 11.8. The number of hydrogen-bond donors (Lipinski definition) is 6. The lowest BCUT2D eigenvalue weighted by Crippen LogP contribution is -2.43. The molecule has 28 heteroatoms. The summed E-state index contributed by atoms with van der Waals surface area (Å²) in [4.78, 5) is 106. The predicted molar refractivity (Wildman–Crippen MR) is 290 cm³/mol. The Hall–Kier alpha value is -8.71. The average Bonchev–Trinajstić information content (AvgIpc) is 4.37. The van der Waals surface area contributed by atoms with Crippen molar-refractivity contribution in [3.8, 4) is 0 Å². The molecular formula is C51H58Cl2F2N16O8. The summed E-state index contributed by atoms with van der Waals surface area (Å²) < 4.78 is 30.8. The van der Waals surface area contributed by atoms with Gasteiger partial charge in [0.05, 0.1) is 34.2 Å². The summed E-state index contributed by atoms with van der Waals surface area (Å²) in [6.07, 6.45) is 2.95. The van der Waals surface area contributed by atoms with Gasteiger partial charge in [0.15, 0.2) is 11.4 Å². The first-order valence-corrected chi connectivity index (χ1v) is 24.7. The normalized spacial score (nSPS) is 12.3. The van der Waals surface area contributed by atoms with Crippen molar-refractivity contribution in [3.63, 3.8) is 0 Å². The van der Waals surface area contributed by atoms with E-state index in [9.17, 15) is 47.1 Å². The second kappa shape index (κ2) is 27.6. The van der Waals surface area contributed by atoms with Gasteiger partial charge in [-0.25, -0.2) is 13.6 Å². The lowest BCUT2D eigenvalue weighted by atomic mass is 10.1. The highest BCUT2D eigenvalue weighted by molar-refractivity contribution is 6.31. The van der Waals surface area contributed by atoms with Gasteiger partial charge in [-0.05, 0) is 99.0 Å². The number of carbonyl (C=O) groups is 8. The van der Waals surface area contributed by atoms with Crippen molar-refractivity contribution in [2.75, 3.05) is 46.6 Å². The summed E-state index contributed by atoms with van der Waals surface area (Å²) in [5.41, 5.74) is 20.9. The third-order valence-corrected chi connectivity index (χ3v) is 12.4. The molecule has 2 aliphatic carbocycles. The number of primary amides is 2. The Labute approximate surface area is 461 Å². The number of anilines is 1. The molecule has 0 bridgehead atoms. The van der Waals surface area contributed by atoms with Crippen LogP contribution in [0.25, 0.3) is 32.2 Å². The van der Waals surface area contributed by atoms with Crippen LogP contribution in [0, 0.1) is 11.6 Å². The fourth-order valence-electron chi connectivity index (χ4n) is 7.74. The lowest BCUT2D eigenvalue weighted by Gasteiger charge is -2.22. The average molecular weight is 1130 g/mol. The summed E-state index contributed by atoms with van der Waals surface area (Å²) in [6.45, 7) is -1.18. The van der Waals surface area contributed by atoms with Crippen molar-refractivity contribution in [2.45, 2.75) is 71.4 Å². The molecule has 2 heterocycles. The zero-order valence-corrected chi connectivity index (χ0v) is 44.1. The number of hydrogen-bond acceptors (Lipinski definition) is 11. The van der Waals surface area contributed by atoms with Gasteiger partial charge in [0.25, 0.3) is 11.8 Å². The minimum atomic E-state index is -0.878. The molecule has 418 valence electrons. The van der Waals surface area contributed by atoms with Gasteiger partial charge in [-0.15, -0.1) is 0 Å². The maximum Gasteiger partial charge on any atom is 0.321 e. The Bertz CT molecular complexity index is 3360. The Balaban J connectivity index is 0.000000274. The molecule has 0 spiro atoms. The van der Waals surface area contributed by atoms with E-state index in [0.717, 1.165) is 25.7 Å². The van der Waals surface area contributed by atoms with Crippen LogP contribution in [0.2, 0.25) is 10.0 Å². The molecule has 79 heavy (non-hydrogen) atoms. The van der Waals surface area contributed by atoms with Gasteiger partial charge in [-0.1, -0.05) is 54.9 Å². The number of nitrogens with two attached hydrogens (primary N) is 2. The van der Waals surface area contributed by atoms with Gasteiger partial charge in [0.2, 0.25) is 29.5 Å². The SMILES string of the molecule is C.CN(C)C(=O)Nc1ccc2c(c1)c(C(N)=O)nn2CC(=O)N(CC(=O)NCc1cccc(Cl)c1F)C1CC1.CNC.[N-]=[N+]=NC(=O)c1ccc2c(c1)c(C(N)=O)nn2CC(=O)N(CC(=O)NCc1cccc(Cl)c1F)C1CC1. The van der Waals surface area contributed by atoms with Crippen LogP contribution < -0.4 is 32.7 Å². The molecule has 0 aliphatic heterocycles. The number of carbonyl (C=O) groups excluding carboxylic acids is 8. The molecule has 0 saturated heterocycles. The van der Waals surface area contributed by atoms with Crippen molar-refractivity contribution in [2.24, 2.45) is 16.6 Å². The van der Waals surface area contributed by atoms with Gasteiger partial charge in [-0.2, -0.15) is 10.2 Å². The van der Waals surface area contributed by atoms with Gasteiger partial charge in [0, 0.05) is 77.3 Å². The number of halogens is 4. The van der Waals surface area contributed by atoms with E-state index in [0.29, 0.717) is 22.1 Å². The second-order valence-corrected chi connectivity index (χ2v) is 18.8. The number of nitrogens with one attached hydrogen (secondary N) is 4. The quantitative estimate of drug-likeness (QED) is 0.0355. The Morgan fingerprint density at radius 2 is 1.14 bits per heavy atom. The van der Waals surface area contributed by atoms with Crippen LogP contribution in [0.1, 0.15) is 75.6 Å².